The van der Waals surface area contributed by atoms with Crippen LogP contribution in [0.15, 0.2) is 12.1 Å². The van der Waals surface area contributed by atoms with E-state index in [2.05, 4.69) is 15.5 Å². The molecule has 3 nitrogen and oxygen atoms in total. The Kier molecular flexibility index (Phi) is 2.87. The van der Waals surface area contributed by atoms with Crippen LogP contribution in [-0.4, -0.2) is 21.6 Å². The van der Waals surface area contributed by atoms with Gasteiger partial charge in [0.05, 0.1) is 11.1 Å². The van der Waals surface area contributed by atoms with Crippen molar-refractivity contribution in [3.63, 3.8) is 0 Å². The van der Waals surface area contributed by atoms with Gasteiger partial charge >= 0.3 is 0 Å². The summed E-state index contributed by atoms with van der Waals surface area (Å²) >= 11 is 6.15. The van der Waals surface area contributed by atoms with E-state index in [1.54, 1.807) is 0 Å². The number of halogens is 1. The van der Waals surface area contributed by atoms with Gasteiger partial charge in [0.15, 0.2) is 0 Å². The maximum atomic E-state index is 6.15. The van der Waals surface area contributed by atoms with Crippen molar-refractivity contribution >= 4 is 17.4 Å². The topological polar surface area (TPSA) is 37.8 Å². The van der Waals surface area contributed by atoms with Crippen molar-refractivity contribution in [3.8, 4) is 0 Å². The lowest BCUT2D eigenvalue weighted by molar-refractivity contribution is 0.751. The van der Waals surface area contributed by atoms with Gasteiger partial charge in [0.1, 0.15) is 5.82 Å². The zero-order chi connectivity index (χ0) is 9.97. The van der Waals surface area contributed by atoms with Gasteiger partial charge < -0.3 is 5.32 Å². The Morgan fingerprint density at radius 2 is 2.21 bits per heavy atom. The number of nitrogens with zero attached hydrogens (tertiary/aromatic N) is 2. The molecular formula is C10H14ClN3. The summed E-state index contributed by atoms with van der Waals surface area (Å²) in [5.41, 5.74) is 0.935. The first kappa shape index (κ1) is 9.71. The van der Waals surface area contributed by atoms with Crippen molar-refractivity contribution < 1.29 is 0 Å². The molecule has 4 heteroatoms. The van der Waals surface area contributed by atoms with Gasteiger partial charge in [-0.2, -0.15) is 5.10 Å². The van der Waals surface area contributed by atoms with Crippen LogP contribution in [0.25, 0.3) is 0 Å². The monoisotopic (exact) mass is 211 g/mol. The molecule has 0 saturated heterocycles. The third-order valence-electron chi connectivity index (χ3n) is 2.56. The number of hydrogen-bond acceptors (Lipinski definition) is 3. The summed E-state index contributed by atoms with van der Waals surface area (Å²) in [6.07, 6.45) is 3.42. The van der Waals surface area contributed by atoms with Crippen molar-refractivity contribution in [3.05, 3.63) is 17.8 Å². The number of hydrogen-bond donors (Lipinski definition) is 1. The minimum atomic E-state index is 0.234. The molecule has 0 aromatic carbocycles. The van der Waals surface area contributed by atoms with Crippen LogP contribution in [0.4, 0.5) is 5.82 Å². The van der Waals surface area contributed by atoms with Crippen LogP contribution in [0.2, 0.25) is 0 Å². The lowest BCUT2D eigenvalue weighted by atomic mass is 10.2. The third kappa shape index (κ3) is 2.15. The largest absolute Gasteiger partial charge is 0.364 e. The van der Waals surface area contributed by atoms with Crippen molar-refractivity contribution in [1.29, 1.82) is 0 Å². The minimum Gasteiger partial charge on any atom is -0.364 e. The van der Waals surface area contributed by atoms with Crippen molar-refractivity contribution in [1.82, 2.24) is 10.2 Å². The number of anilines is 1. The maximum absolute atomic E-state index is 6.15. The summed E-state index contributed by atoms with van der Waals surface area (Å²) in [6, 6.07) is 4.26. The van der Waals surface area contributed by atoms with E-state index in [0.717, 1.165) is 24.4 Å². The van der Waals surface area contributed by atoms with Crippen molar-refractivity contribution in [2.45, 2.75) is 37.6 Å². The van der Waals surface area contributed by atoms with Gasteiger partial charge in [0.25, 0.3) is 0 Å². The number of rotatable bonds is 2. The van der Waals surface area contributed by atoms with Crippen LogP contribution in [0.5, 0.6) is 0 Å². The molecule has 0 bridgehead atoms. The highest BCUT2D eigenvalue weighted by molar-refractivity contribution is 6.21. The summed E-state index contributed by atoms with van der Waals surface area (Å²) in [5, 5.41) is 11.6. The standard InChI is InChI=1S/C10H14ClN3/c1-7-5-6-10(14-13-7)12-9-4-2-3-8(9)11/h5-6,8-9H,2-4H2,1H3,(H,12,14). The molecule has 1 heterocycles. The van der Waals surface area contributed by atoms with Crippen molar-refractivity contribution in [2.24, 2.45) is 0 Å². The summed E-state index contributed by atoms with van der Waals surface area (Å²) < 4.78 is 0. The second kappa shape index (κ2) is 4.13. The first-order valence-corrected chi connectivity index (χ1v) is 5.40. The Morgan fingerprint density at radius 3 is 2.79 bits per heavy atom. The SMILES string of the molecule is Cc1ccc(NC2CCCC2Cl)nn1. The Labute approximate surface area is 88.9 Å². The van der Waals surface area contributed by atoms with Gasteiger partial charge in [-0.3, -0.25) is 0 Å². The molecule has 1 aromatic heterocycles. The molecule has 0 spiro atoms. The second-order valence-electron chi connectivity index (χ2n) is 3.76. The molecule has 2 unspecified atom stereocenters. The molecule has 1 aliphatic rings. The van der Waals surface area contributed by atoms with Gasteiger partial charge in [-0.15, -0.1) is 16.7 Å². The van der Waals surface area contributed by atoms with E-state index in [-0.39, 0.29) is 5.38 Å². The highest BCUT2D eigenvalue weighted by Gasteiger charge is 2.25. The van der Waals surface area contributed by atoms with Crippen LogP contribution in [0.1, 0.15) is 25.0 Å². The molecule has 2 rings (SSSR count). The second-order valence-corrected chi connectivity index (χ2v) is 4.32. The third-order valence-corrected chi connectivity index (χ3v) is 3.09. The molecule has 1 aliphatic carbocycles. The Bertz CT molecular complexity index is 299. The highest BCUT2D eigenvalue weighted by Crippen LogP contribution is 2.26. The predicted octanol–water partition coefficient (Wildman–Crippen LogP) is 2.36. The van der Waals surface area contributed by atoms with E-state index in [1.165, 1.54) is 6.42 Å². The number of aryl methyl sites for hydroxylation is 1. The first-order chi connectivity index (χ1) is 6.75. The summed E-state index contributed by atoms with van der Waals surface area (Å²) in [5.74, 6) is 0.827. The molecule has 1 aromatic rings. The molecule has 0 aliphatic heterocycles. The lowest BCUT2D eigenvalue weighted by Crippen LogP contribution is -2.24. The van der Waals surface area contributed by atoms with Gasteiger partial charge in [0, 0.05) is 6.04 Å². The predicted molar refractivity (Wildman–Crippen MR) is 57.7 cm³/mol. The van der Waals surface area contributed by atoms with E-state index in [9.17, 15) is 0 Å². The fourth-order valence-corrected chi connectivity index (χ4v) is 2.09. The van der Waals surface area contributed by atoms with Gasteiger partial charge in [0.2, 0.25) is 0 Å². The van der Waals surface area contributed by atoms with Crippen LogP contribution < -0.4 is 5.32 Å². The summed E-state index contributed by atoms with van der Waals surface area (Å²) in [7, 11) is 0. The fraction of sp³-hybridized carbons (Fsp3) is 0.600. The van der Waals surface area contributed by atoms with E-state index in [0.29, 0.717) is 6.04 Å². The molecule has 76 valence electrons. The van der Waals surface area contributed by atoms with E-state index < -0.39 is 0 Å². The highest BCUT2D eigenvalue weighted by atomic mass is 35.5. The zero-order valence-corrected chi connectivity index (χ0v) is 8.96. The van der Waals surface area contributed by atoms with Crippen LogP contribution in [-0.2, 0) is 0 Å². The van der Waals surface area contributed by atoms with Gasteiger partial charge in [-0.25, -0.2) is 0 Å². The van der Waals surface area contributed by atoms with Gasteiger partial charge in [-0.1, -0.05) is 0 Å². The minimum absolute atomic E-state index is 0.234. The summed E-state index contributed by atoms with van der Waals surface area (Å²) in [4.78, 5) is 0. The number of aromatic nitrogens is 2. The smallest absolute Gasteiger partial charge is 0.148 e. The molecule has 2 atom stereocenters. The van der Waals surface area contributed by atoms with Crippen LogP contribution in [0.3, 0.4) is 0 Å². The lowest BCUT2D eigenvalue weighted by Gasteiger charge is -2.15. The van der Waals surface area contributed by atoms with Crippen molar-refractivity contribution in [2.75, 3.05) is 5.32 Å². The number of nitrogens with one attached hydrogen (secondary N) is 1. The molecule has 1 saturated carbocycles. The first-order valence-electron chi connectivity index (χ1n) is 4.96. The quantitative estimate of drug-likeness (QED) is 0.764. The molecular weight excluding hydrogens is 198 g/mol. The Balaban J connectivity index is 2.00. The van der Waals surface area contributed by atoms with Crippen LogP contribution in [0, 0.1) is 6.92 Å². The van der Waals surface area contributed by atoms with Gasteiger partial charge in [-0.05, 0) is 38.3 Å². The molecule has 1 fully saturated rings. The molecule has 14 heavy (non-hydrogen) atoms. The Morgan fingerprint density at radius 1 is 1.36 bits per heavy atom. The van der Waals surface area contributed by atoms with Crippen LogP contribution >= 0.6 is 11.6 Å². The number of alkyl halides is 1. The maximum Gasteiger partial charge on any atom is 0.148 e. The molecule has 0 radical (unpaired) electrons. The fourth-order valence-electron chi connectivity index (χ4n) is 1.74. The van der Waals surface area contributed by atoms with E-state index >= 15 is 0 Å². The summed E-state index contributed by atoms with van der Waals surface area (Å²) in [6.45, 7) is 1.93. The Hall–Kier alpha value is -0.830. The molecule has 0 amide bonds. The zero-order valence-electron chi connectivity index (χ0n) is 8.20. The van der Waals surface area contributed by atoms with E-state index in [1.807, 2.05) is 19.1 Å². The molecule has 1 N–H and O–H groups in total. The average molecular weight is 212 g/mol. The van der Waals surface area contributed by atoms with E-state index in [4.69, 9.17) is 11.6 Å². The average Bonchev–Trinajstić information content (AvgIpc) is 2.56. The normalized spacial score (nSPS) is 26.4.